The summed E-state index contributed by atoms with van der Waals surface area (Å²) < 4.78 is 1.96. The molecule has 4 nitrogen and oxygen atoms in total. The van der Waals surface area contributed by atoms with E-state index < -0.39 is 0 Å². The number of pyridine rings is 1. The molecule has 0 bridgehead atoms. The van der Waals surface area contributed by atoms with Crippen molar-refractivity contribution in [3.63, 3.8) is 0 Å². The van der Waals surface area contributed by atoms with Gasteiger partial charge < -0.3 is 9.72 Å². The molecule has 4 heteroatoms. The summed E-state index contributed by atoms with van der Waals surface area (Å²) in [5, 5.41) is 3.21. The average Bonchev–Trinajstić information content (AvgIpc) is 3.07. The molecule has 1 saturated carbocycles. The number of carbonyl (C=O) groups excluding carboxylic acids is 1. The maximum atomic E-state index is 12.6. The highest BCUT2D eigenvalue weighted by Gasteiger charge is 2.23. The van der Waals surface area contributed by atoms with Crippen molar-refractivity contribution in [2.75, 3.05) is 0 Å². The van der Waals surface area contributed by atoms with Crippen LogP contribution in [0, 0.1) is 5.92 Å². The van der Waals surface area contributed by atoms with Gasteiger partial charge in [-0.15, -0.1) is 0 Å². The van der Waals surface area contributed by atoms with Gasteiger partial charge in [0.25, 0.3) is 5.91 Å². The molecule has 2 atom stereocenters. The minimum atomic E-state index is 0.00510. The van der Waals surface area contributed by atoms with E-state index in [0.29, 0.717) is 11.5 Å². The van der Waals surface area contributed by atoms with Gasteiger partial charge in [0.2, 0.25) is 0 Å². The van der Waals surface area contributed by atoms with Gasteiger partial charge in [-0.05, 0) is 30.9 Å². The van der Waals surface area contributed by atoms with E-state index in [1.54, 1.807) is 0 Å². The molecule has 0 radical (unpaired) electrons. The van der Waals surface area contributed by atoms with Gasteiger partial charge in [-0.1, -0.05) is 50.1 Å². The highest BCUT2D eigenvalue weighted by Crippen LogP contribution is 2.24. The van der Waals surface area contributed by atoms with Gasteiger partial charge in [0.1, 0.15) is 5.65 Å². The first kappa shape index (κ1) is 15.9. The van der Waals surface area contributed by atoms with Crippen molar-refractivity contribution in [3.05, 3.63) is 60.4 Å². The Labute approximate surface area is 147 Å². The predicted octanol–water partition coefficient (Wildman–Crippen LogP) is 4.31. The summed E-state index contributed by atoms with van der Waals surface area (Å²) in [6, 6.07) is 14.1. The molecule has 0 spiro atoms. The van der Waals surface area contributed by atoms with Crippen LogP contribution in [0.25, 0.3) is 16.9 Å². The van der Waals surface area contributed by atoms with E-state index in [1.165, 1.54) is 19.3 Å². The molecule has 2 unspecified atom stereocenters. The van der Waals surface area contributed by atoms with Crippen LogP contribution >= 0.6 is 0 Å². The zero-order valence-electron chi connectivity index (χ0n) is 14.5. The van der Waals surface area contributed by atoms with Crippen molar-refractivity contribution in [2.24, 2.45) is 5.92 Å². The summed E-state index contributed by atoms with van der Waals surface area (Å²) in [7, 11) is 0. The molecule has 1 fully saturated rings. The minimum Gasteiger partial charge on any atom is -0.349 e. The molecule has 1 aliphatic rings. The van der Waals surface area contributed by atoms with Crippen molar-refractivity contribution in [1.29, 1.82) is 0 Å². The molecular weight excluding hydrogens is 310 g/mol. The maximum absolute atomic E-state index is 12.6. The largest absolute Gasteiger partial charge is 0.349 e. The van der Waals surface area contributed by atoms with Crippen molar-refractivity contribution in [1.82, 2.24) is 14.7 Å². The standard InChI is InChI=1S/C21H23N3O/c1-15-7-5-6-10-18(15)23-21(25)17-11-12-24-14-19(22-20(24)13-17)16-8-3-2-4-9-16/h2-4,8-9,11-15,18H,5-7,10H2,1H3,(H,23,25). The molecule has 1 aromatic carbocycles. The number of hydrogen-bond donors (Lipinski definition) is 1. The van der Waals surface area contributed by atoms with E-state index in [1.807, 2.05) is 59.3 Å². The van der Waals surface area contributed by atoms with Gasteiger partial charge in [0, 0.05) is 29.6 Å². The Bertz CT molecular complexity index is 885. The summed E-state index contributed by atoms with van der Waals surface area (Å²) in [4.78, 5) is 17.3. The minimum absolute atomic E-state index is 0.00510. The van der Waals surface area contributed by atoms with Crippen LogP contribution in [0.3, 0.4) is 0 Å². The van der Waals surface area contributed by atoms with Crippen molar-refractivity contribution in [2.45, 2.75) is 38.6 Å². The molecule has 3 aromatic rings. The summed E-state index contributed by atoms with van der Waals surface area (Å²) in [6.07, 6.45) is 8.66. The Hall–Kier alpha value is -2.62. The molecule has 0 aliphatic heterocycles. The fourth-order valence-corrected chi connectivity index (χ4v) is 3.65. The Kier molecular flexibility index (Phi) is 4.26. The second-order valence-corrected chi connectivity index (χ2v) is 7.01. The molecule has 25 heavy (non-hydrogen) atoms. The summed E-state index contributed by atoms with van der Waals surface area (Å²) in [5.74, 6) is 0.558. The van der Waals surface area contributed by atoms with Gasteiger partial charge >= 0.3 is 0 Å². The lowest BCUT2D eigenvalue weighted by Gasteiger charge is -2.29. The average molecular weight is 333 g/mol. The zero-order valence-corrected chi connectivity index (χ0v) is 14.5. The predicted molar refractivity (Wildman–Crippen MR) is 99.5 cm³/mol. The van der Waals surface area contributed by atoms with E-state index in [4.69, 9.17) is 0 Å². The van der Waals surface area contributed by atoms with E-state index >= 15 is 0 Å². The third-order valence-corrected chi connectivity index (χ3v) is 5.22. The Morgan fingerprint density at radius 3 is 2.76 bits per heavy atom. The zero-order chi connectivity index (χ0) is 17.2. The number of imidazole rings is 1. The first-order valence-corrected chi connectivity index (χ1v) is 9.06. The van der Waals surface area contributed by atoms with Crippen LogP contribution in [-0.4, -0.2) is 21.3 Å². The number of amides is 1. The fraction of sp³-hybridized carbons (Fsp3) is 0.333. The van der Waals surface area contributed by atoms with E-state index in [0.717, 1.165) is 23.3 Å². The lowest BCUT2D eigenvalue weighted by Crippen LogP contribution is -2.41. The molecule has 2 heterocycles. The van der Waals surface area contributed by atoms with Gasteiger partial charge in [-0.25, -0.2) is 4.98 Å². The van der Waals surface area contributed by atoms with E-state index in [9.17, 15) is 4.79 Å². The van der Waals surface area contributed by atoms with Crippen LogP contribution in [0.15, 0.2) is 54.9 Å². The number of nitrogens with zero attached hydrogens (tertiary/aromatic N) is 2. The lowest BCUT2D eigenvalue weighted by molar-refractivity contribution is 0.0910. The Balaban J connectivity index is 1.57. The van der Waals surface area contributed by atoms with Crippen LogP contribution in [0.4, 0.5) is 0 Å². The molecule has 0 saturated heterocycles. The molecule has 1 amide bonds. The molecular formula is C21H23N3O. The molecule has 4 rings (SSSR count). The monoisotopic (exact) mass is 333 g/mol. The molecule has 2 aromatic heterocycles. The van der Waals surface area contributed by atoms with Crippen molar-refractivity contribution in [3.8, 4) is 11.3 Å². The third-order valence-electron chi connectivity index (χ3n) is 5.22. The second kappa shape index (κ2) is 6.71. The van der Waals surface area contributed by atoms with E-state index in [2.05, 4.69) is 17.2 Å². The quantitative estimate of drug-likeness (QED) is 0.776. The second-order valence-electron chi connectivity index (χ2n) is 7.01. The number of rotatable bonds is 3. The number of hydrogen-bond acceptors (Lipinski definition) is 2. The number of nitrogens with one attached hydrogen (secondary N) is 1. The molecule has 1 N–H and O–H groups in total. The molecule has 128 valence electrons. The number of aromatic nitrogens is 2. The summed E-state index contributed by atoms with van der Waals surface area (Å²) in [6.45, 7) is 2.23. The van der Waals surface area contributed by atoms with Gasteiger partial charge in [0.15, 0.2) is 0 Å². The Morgan fingerprint density at radius 1 is 1.16 bits per heavy atom. The van der Waals surface area contributed by atoms with Crippen LogP contribution in [0.2, 0.25) is 0 Å². The third kappa shape index (κ3) is 3.29. The number of benzene rings is 1. The Morgan fingerprint density at radius 2 is 1.96 bits per heavy atom. The van der Waals surface area contributed by atoms with Crippen LogP contribution in [0.1, 0.15) is 43.0 Å². The smallest absolute Gasteiger partial charge is 0.251 e. The van der Waals surface area contributed by atoms with Gasteiger partial charge in [0.05, 0.1) is 5.69 Å². The first-order chi connectivity index (χ1) is 12.2. The summed E-state index contributed by atoms with van der Waals surface area (Å²) >= 11 is 0. The maximum Gasteiger partial charge on any atom is 0.251 e. The normalized spacial score (nSPS) is 20.5. The van der Waals surface area contributed by atoms with Gasteiger partial charge in [-0.3, -0.25) is 4.79 Å². The number of carbonyl (C=O) groups is 1. The fourth-order valence-electron chi connectivity index (χ4n) is 3.65. The summed E-state index contributed by atoms with van der Waals surface area (Å²) in [5.41, 5.74) is 3.46. The van der Waals surface area contributed by atoms with Crippen LogP contribution in [-0.2, 0) is 0 Å². The highest BCUT2D eigenvalue weighted by atomic mass is 16.1. The van der Waals surface area contributed by atoms with Crippen LogP contribution in [0.5, 0.6) is 0 Å². The number of fused-ring (bicyclic) bond motifs is 1. The van der Waals surface area contributed by atoms with E-state index in [-0.39, 0.29) is 11.9 Å². The topological polar surface area (TPSA) is 46.4 Å². The molecule has 1 aliphatic carbocycles. The van der Waals surface area contributed by atoms with Crippen molar-refractivity contribution >= 4 is 11.6 Å². The first-order valence-electron chi connectivity index (χ1n) is 9.06. The van der Waals surface area contributed by atoms with Crippen LogP contribution < -0.4 is 5.32 Å². The SMILES string of the molecule is CC1CCCCC1NC(=O)c1ccn2cc(-c3ccccc3)nc2c1. The lowest BCUT2D eigenvalue weighted by atomic mass is 9.86. The highest BCUT2D eigenvalue weighted by molar-refractivity contribution is 5.95. The van der Waals surface area contributed by atoms with Crippen molar-refractivity contribution < 1.29 is 4.79 Å². The van der Waals surface area contributed by atoms with Gasteiger partial charge in [-0.2, -0.15) is 0 Å².